The highest BCUT2D eigenvalue weighted by atomic mass is 19.4. The number of anilines is 1. The fourth-order valence-electron chi connectivity index (χ4n) is 3.42. The van der Waals surface area contributed by atoms with Crippen LogP contribution in [0.25, 0.3) is 11.1 Å². The first-order valence-electron chi connectivity index (χ1n) is 10.7. The van der Waals surface area contributed by atoms with Crippen molar-refractivity contribution >= 4 is 11.9 Å². The Morgan fingerprint density at radius 1 is 1.03 bits per heavy atom. The topological polar surface area (TPSA) is 145 Å². The molecule has 4 rings (SSSR count). The average molecular weight is 512 g/mol. The molecule has 4 N–H and O–H groups in total. The summed E-state index contributed by atoms with van der Waals surface area (Å²) in [6.45, 7) is -0.391. The number of carbonyl (C=O) groups excluding carboxylic acids is 1. The monoisotopic (exact) mass is 512 g/mol. The number of ether oxygens (including phenoxy) is 1. The lowest BCUT2D eigenvalue weighted by atomic mass is 10.1. The molecule has 0 fully saturated rings. The molecular weight excluding hydrogens is 493 g/mol. The Labute approximate surface area is 206 Å². The van der Waals surface area contributed by atoms with E-state index in [4.69, 9.17) is 5.73 Å². The second-order valence-electron chi connectivity index (χ2n) is 7.78. The number of halogens is 3. The fraction of sp³-hybridized carbons (Fsp3) is 0.125. The molecule has 13 heteroatoms. The summed E-state index contributed by atoms with van der Waals surface area (Å²) in [5, 5.41) is 2.39. The number of benzene rings is 2. The molecule has 37 heavy (non-hydrogen) atoms. The third-order valence-electron chi connectivity index (χ3n) is 5.19. The molecule has 0 saturated carbocycles. The van der Waals surface area contributed by atoms with E-state index in [0.29, 0.717) is 16.7 Å². The van der Waals surface area contributed by atoms with Gasteiger partial charge in [-0.05, 0) is 17.2 Å². The van der Waals surface area contributed by atoms with E-state index >= 15 is 0 Å². The number of rotatable bonds is 7. The lowest BCUT2D eigenvalue weighted by molar-refractivity contribution is -0.274. The van der Waals surface area contributed by atoms with E-state index in [-0.39, 0.29) is 23.8 Å². The molecule has 1 amide bonds. The molecule has 2 aromatic carbocycles. The molecule has 0 spiro atoms. The van der Waals surface area contributed by atoms with E-state index in [1.807, 2.05) is 0 Å². The van der Waals surface area contributed by atoms with Gasteiger partial charge in [0.1, 0.15) is 11.4 Å². The minimum absolute atomic E-state index is 0.000439. The second-order valence-corrected chi connectivity index (χ2v) is 7.78. The maximum Gasteiger partial charge on any atom is 0.573 e. The highest BCUT2D eigenvalue weighted by Gasteiger charge is 2.32. The molecule has 0 aliphatic carbocycles. The van der Waals surface area contributed by atoms with Crippen molar-refractivity contribution in [3.05, 3.63) is 105 Å². The van der Waals surface area contributed by atoms with Crippen molar-refractivity contribution in [3.63, 3.8) is 0 Å². The minimum atomic E-state index is -5.00. The van der Waals surface area contributed by atoms with Crippen LogP contribution in [-0.2, 0) is 13.1 Å². The van der Waals surface area contributed by atoms with Gasteiger partial charge < -0.3 is 20.8 Å². The van der Waals surface area contributed by atoms with Gasteiger partial charge in [0.15, 0.2) is 0 Å². The van der Waals surface area contributed by atoms with Gasteiger partial charge >= 0.3 is 12.1 Å². The molecule has 0 radical (unpaired) electrons. The van der Waals surface area contributed by atoms with E-state index in [0.717, 1.165) is 16.7 Å². The van der Waals surface area contributed by atoms with Crippen molar-refractivity contribution in [3.8, 4) is 16.9 Å². The van der Waals surface area contributed by atoms with Crippen LogP contribution in [0.4, 0.5) is 19.1 Å². The molecule has 0 unspecified atom stereocenters. The van der Waals surface area contributed by atoms with Gasteiger partial charge in [-0.3, -0.25) is 14.2 Å². The summed E-state index contributed by atoms with van der Waals surface area (Å²) in [6, 6.07) is 13.6. The van der Waals surface area contributed by atoms with Crippen LogP contribution in [0.15, 0.2) is 76.6 Å². The van der Waals surface area contributed by atoms with Crippen LogP contribution in [0.1, 0.15) is 21.6 Å². The molecule has 2 heterocycles. The summed E-state index contributed by atoms with van der Waals surface area (Å²) in [6.07, 6.45) is -2.32. The van der Waals surface area contributed by atoms with E-state index in [1.165, 1.54) is 24.5 Å². The lowest BCUT2D eigenvalue weighted by Gasteiger charge is -2.15. The summed E-state index contributed by atoms with van der Waals surface area (Å²) in [4.78, 5) is 47.4. The van der Waals surface area contributed by atoms with Gasteiger partial charge in [0.25, 0.3) is 11.5 Å². The molecule has 0 saturated heterocycles. The average Bonchev–Trinajstić information content (AvgIpc) is 2.85. The predicted octanol–water partition coefficient (Wildman–Crippen LogP) is 2.45. The van der Waals surface area contributed by atoms with Crippen molar-refractivity contribution in [2.24, 2.45) is 0 Å². The Morgan fingerprint density at radius 2 is 1.73 bits per heavy atom. The Bertz CT molecular complexity index is 1500. The number of H-pyrrole nitrogens is 1. The van der Waals surface area contributed by atoms with Crippen molar-refractivity contribution in [2.75, 3.05) is 5.73 Å². The largest absolute Gasteiger partial charge is 0.573 e. The van der Waals surface area contributed by atoms with Crippen LogP contribution in [0.2, 0.25) is 0 Å². The zero-order valence-corrected chi connectivity index (χ0v) is 19.0. The summed E-state index contributed by atoms with van der Waals surface area (Å²) in [5.41, 5.74) is 4.99. The number of nitrogens with zero attached hydrogens (tertiary/aromatic N) is 3. The molecule has 0 bridgehead atoms. The number of nitrogens with one attached hydrogen (secondary N) is 2. The van der Waals surface area contributed by atoms with Gasteiger partial charge in [0.2, 0.25) is 5.95 Å². The lowest BCUT2D eigenvalue weighted by Crippen LogP contribution is -2.38. The number of aromatic nitrogens is 4. The number of nitrogen functional groups attached to an aromatic ring is 1. The van der Waals surface area contributed by atoms with Gasteiger partial charge in [0, 0.05) is 36.1 Å². The van der Waals surface area contributed by atoms with Crippen LogP contribution in [-0.4, -0.2) is 31.8 Å². The maximum atomic E-state index is 13.0. The predicted molar refractivity (Wildman–Crippen MR) is 127 cm³/mol. The van der Waals surface area contributed by atoms with E-state index < -0.39 is 35.8 Å². The first-order valence-corrected chi connectivity index (χ1v) is 10.7. The zero-order valence-electron chi connectivity index (χ0n) is 19.0. The molecule has 2 aromatic heterocycles. The Balaban J connectivity index is 1.54. The van der Waals surface area contributed by atoms with E-state index in [1.54, 1.807) is 30.3 Å². The SMILES string of the molecule is Nc1ncc(-c2ccc(CNC(=O)c3cc(=O)n(Cc4ccccc4)c(=O)[nH]3)c(OC(F)(F)F)c2)cn1. The third-order valence-corrected chi connectivity index (χ3v) is 5.19. The van der Waals surface area contributed by atoms with Crippen LogP contribution in [0.3, 0.4) is 0 Å². The number of hydrogen-bond acceptors (Lipinski definition) is 7. The number of amides is 1. The maximum absolute atomic E-state index is 13.0. The van der Waals surface area contributed by atoms with Crippen LogP contribution in [0.5, 0.6) is 5.75 Å². The number of hydrogen-bond donors (Lipinski definition) is 3. The Kier molecular flexibility index (Phi) is 7.04. The smallest absolute Gasteiger partial charge is 0.405 e. The molecule has 0 aliphatic rings. The molecule has 0 aliphatic heterocycles. The quantitative estimate of drug-likeness (QED) is 0.345. The third kappa shape index (κ3) is 6.39. The van der Waals surface area contributed by atoms with Crippen LogP contribution in [0, 0.1) is 0 Å². The van der Waals surface area contributed by atoms with Crippen molar-refractivity contribution < 1.29 is 22.7 Å². The standard InChI is InChI=1S/C24H19F3N6O4/c25-24(26,27)37-19-8-15(17-11-30-22(28)31-12-17)6-7-16(19)10-29-21(35)18-9-20(34)33(23(36)32-18)13-14-4-2-1-3-5-14/h1-9,11-12H,10,13H2,(H,29,35)(H,32,36)(H2,28,30,31). The first-order chi connectivity index (χ1) is 17.6. The van der Waals surface area contributed by atoms with E-state index in [9.17, 15) is 27.6 Å². The Hall–Kier alpha value is -4.94. The zero-order chi connectivity index (χ0) is 26.6. The highest BCUT2D eigenvalue weighted by molar-refractivity contribution is 5.92. The van der Waals surface area contributed by atoms with E-state index in [2.05, 4.69) is 25.0 Å². The summed E-state index contributed by atoms with van der Waals surface area (Å²) in [7, 11) is 0. The van der Waals surface area contributed by atoms with Crippen LogP contribution < -0.4 is 27.0 Å². The molecular formula is C24H19F3N6O4. The highest BCUT2D eigenvalue weighted by Crippen LogP contribution is 2.31. The van der Waals surface area contributed by atoms with Gasteiger partial charge in [-0.15, -0.1) is 13.2 Å². The number of alkyl halides is 3. The van der Waals surface area contributed by atoms with Crippen LogP contribution >= 0.6 is 0 Å². The van der Waals surface area contributed by atoms with Crippen molar-refractivity contribution in [1.82, 2.24) is 24.8 Å². The van der Waals surface area contributed by atoms with Gasteiger partial charge in [-0.1, -0.05) is 42.5 Å². The normalized spacial score (nSPS) is 11.2. The second kappa shape index (κ2) is 10.4. The first kappa shape index (κ1) is 25.2. The number of nitrogens with two attached hydrogens (primary N) is 1. The number of aromatic amines is 1. The van der Waals surface area contributed by atoms with Gasteiger partial charge in [0.05, 0.1) is 6.54 Å². The molecule has 0 atom stereocenters. The van der Waals surface area contributed by atoms with Crippen molar-refractivity contribution in [1.29, 1.82) is 0 Å². The van der Waals surface area contributed by atoms with Gasteiger partial charge in [-0.25, -0.2) is 14.8 Å². The summed E-state index contributed by atoms with van der Waals surface area (Å²) in [5.74, 6) is -1.43. The molecule has 10 nitrogen and oxygen atoms in total. The summed E-state index contributed by atoms with van der Waals surface area (Å²) >= 11 is 0. The Morgan fingerprint density at radius 3 is 2.38 bits per heavy atom. The minimum Gasteiger partial charge on any atom is -0.405 e. The van der Waals surface area contributed by atoms with Gasteiger partial charge in [-0.2, -0.15) is 0 Å². The molecule has 4 aromatic rings. The van der Waals surface area contributed by atoms with Crippen molar-refractivity contribution in [2.45, 2.75) is 19.5 Å². The summed E-state index contributed by atoms with van der Waals surface area (Å²) < 4.78 is 44.1. The number of carbonyl (C=O) groups is 1. The molecule has 190 valence electrons. The fourth-order valence-corrected chi connectivity index (χ4v) is 3.42.